The molecule has 0 aliphatic carbocycles. The molecule has 2 N–H and O–H groups in total. The minimum absolute atomic E-state index is 0.0475. The average Bonchev–Trinajstić information content (AvgIpc) is 2.93. The maximum atomic E-state index is 11.4. The van der Waals surface area contributed by atoms with Crippen LogP contribution in [0, 0.1) is 6.92 Å². The number of ether oxygens (including phenoxy) is 1. The lowest BCUT2D eigenvalue weighted by molar-refractivity contribution is -0.118. The van der Waals surface area contributed by atoms with E-state index in [4.69, 9.17) is 9.26 Å². The summed E-state index contributed by atoms with van der Waals surface area (Å²) in [6.45, 7) is 5.85. The molecule has 1 aromatic carbocycles. The van der Waals surface area contributed by atoms with Gasteiger partial charge < -0.3 is 14.6 Å². The third-order valence-corrected chi connectivity index (χ3v) is 3.55. The van der Waals surface area contributed by atoms with Gasteiger partial charge in [-0.1, -0.05) is 11.2 Å². The molecule has 0 spiro atoms. The van der Waals surface area contributed by atoms with Gasteiger partial charge in [-0.15, -0.1) is 0 Å². The first-order valence-corrected chi connectivity index (χ1v) is 7.16. The molecule has 0 radical (unpaired) electrons. The van der Waals surface area contributed by atoms with E-state index >= 15 is 0 Å². The van der Waals surface area contributed by atoms with E-state index in [1.165, 1.54) is 0 Å². The molecule has 2 aromatic rings. The van der Waals surface area contributed by atoms with Crippen molar-refractivity contribution >= 4 is 11.6 Å². The van der Waals surface area contributed by atoms with Crippen molar-refractivity contribution in [2.75, 3.05) is 11.9 Å². The average molecular weight is 302 g/mol. The molecule has 1 amide bonds. The fourth-order valence-corrected chi connectivity index (χ4v) is 2.40. The number of benzene rings is 1. The van der Waals surface area contributed by atoms with E-state index < -0.39 is 0 Å². The van der Waals surface area contributed by atoms with Crippen LogP contribution in [0.3, 0.4) is 0 Å². The van der Waals surface area contributed by atoms with Crippen molar-refractivity contribution in [3.05, 3.63) is 35.5 Å². The van der Waals surface area contributed by atoms with E-state index in [0.717, 1.165) is 5.56 Å². The van der Waals surface area contributed by atoms with Gasteiger partial charge in [-0.05, 0) is 38.5 Å². The first kappa shape index (κ1) is 14.5. The zero-order chi connectivity index (χ0) is 15.7. The Hall–Kier alpha value is -2.41. The van der Waals surface area contributed by atoms with Gasteiger partial charge >= 0.3 is 0 Å². The number of anilines is 1. The molecule has 22 heavy (non-hydrogen) atoms. The van der Waals surface area contributed by atoms with Crippen LogP contribution in [0.25, 0.3) is 0 Å². The number of carbonyl (C=O) groups excluding carboxylic acids is 1. The van der Waals surface area contributed by atoms with Crippen LogP contribution in [0.2, 0.25) is 0 Å². The Morgan fingerprint density at radius 3 is 2.86 bits per heavy atom. The second-order valence-electron chi connectivity index (χ2n) is 5.38. The fraction of sp³-hybridized carbons (Fsp3) is 0.400. The van der Waals surface area contributed by atoms with Crippen molar-refractivity contribution < 1.29 is 14.1 Å². The predicted molar refractivity (Wildman–Crippen MR) is 79.6 cm³/mol. The largest absolute Gasteiger partial charge is 0.482 e. The summed E-state index contributed by atoms with van der Waals surface area (Å²) in [5.74, 6) is 1.72. The Kier molecular flexibility index (Phi) is 3.81. The number of rotatable bonds is 4. The van der Waals surface area contributed by atoms with Gasteiger partial charge in [0.1, 0.15) is 5.75 Å². The number of hydrogen-bond acceptors (Lipinski definition) is 6. The molecule has 116 valence electrons. The van der Waals surface area contributed by atoms with Gasteiger partial charge in [-0.3, -0.25) is 10.1 Å². The Balaban J connectivity index is 1.73. The first-order valence-electron chi connectivity index (χ1n) is 7.16. The highest BCUT2D eigenvalue weighted by Crippen LogP contribution is 2.31. The van der Waals surface area contributed by atoms with Gasteiger partial charge in [-0.25, -0.2) is 0 Å². The van der Waals surface area contributed by atoms with Gasteiger partial charge in [-0.2, -0.15) is 4.98 Å². The minimum atomic E-state index is -0.139. The molecule has 3 rings (SSSR count). The lowest BCUT2D eigenvalue weighted by atomic mass is 10.1. The molecule has 1 aromatic heterocycles. The molecule has 2 atom stereocenters. The van der Waals surface area contributed by atoms with Crippen LogP contribution in [-0.4, -0.2) is 22.7 Å². The second-order valence-corrected chi connectivity index (χ2v) is 5.38. The summed E-state index contributed by atoms with van der Waals surface area (Å²) in [4.78, 5) is 15.6. The number of carbonyl (C=O) groups is 1. The van der Waals surface area contributed by atoms with Crippen molar-refractivity contribution in [1.82, 2.24) is 15.5 Å². The van der Waals surface area contributed by atoms with Crippen molar-refractivity contribution in [3.8, 4) is 5.75 Å². The minimum Gasteiger partial charge on any atom is -0.482 e. The highest BCUT2D eigenvalue weighted by molar-refractivity contribution is 5.95. The van der Waals surface area contributed by atoms with Crippen LogP contribution < -0.4 is 15.4 Å². The van der Waals surface area contributed by atoms with Gasteiger partial charge in [0.25, 0.3) is 5.91 Å². The van der Waals surface area contributed by atoms with E-state index in [0.29, 0.717) is 23.2 Å². The van der Waals surface area contributed by atoms with E-state index in [-0.39, 0.29) is 24.6 Å². The maximum Gasteiger partial charge on any atom is 0.262 e. The fourth-order valence-electron chi connectivity index (χ4n) is 2.40. The van der Waals surface area contributed by atoms with E-state index in [9.17, 15) is 4.79 Å². The first-order chi connectivity index (χ1) is 10.5. The van der Waals surface area contributed by atoms with Crippen molar-refractivity contribution in [2.45, 2.75) is 32.9 Å². The molecule has 2 heterocycles. The zero-order valence-electron chi connectivity index (χ0n) is 12.7. The second kappa shape index (κ2) is 5.76. The van der Waals surface area contributed by atoms with Crippen LogP contribution in [-0.2, 0) is 4.79 Å². The van der Waals surface area contributed by atoms with Crippen LogP contribution in [0.15, 0.2) is 22.7 Å². The van der Waals surface area contributed by atoms with E-state index in [2.05, 4.69) is 20.8 Å². The smallest absolute Gasteiger partial charge is 0.262 e. The molecule has 0 saturated carbocycles. The highest BCUT2D eigenvalue weighted by atomic mass is 16.5. The summed E-state index contributed by atoms with van der Waals surface area (Å²) in [6.07, 6.45) is 0. The van der Waals surface area contributed by atoms with Crippen LogP contribution in [0.5, 0.6) is 5.75 Å². The van der Waals surface area contributed by atoms with Crippen LogP contribution in [0.1, 0.15) is 43.2 Å². The Morgan fingerprint density at radius 2 is 2.14 bits per heavy atom. The molecule has 0 bridgehead atoms. The van der Waals surface area contributed by atoms with Gasteiger partial charge in [0.2, 0.25) is 5.89 Å². The third-order valence-electron chi connectivity index (χ3n) is 3.55. The van der Waals surface area contributed by atoms with Crippen LogP contribution in [0.4, 0.5) is 5.69 Å². The highest BCUT2D eigenvalue weighted by Gasteiger charge is 2.20. The quantitative estimate of drug-likeness (QED) is 0.899. The summed E-state index contributed by atoms with van der Waals surface area (Å²) < 4.78 is 10.5. The lowest BCUT2D eigenvalue weighted by Crippen LogP contribution is -2.26. The maximum absolute atomic E-state index is 11.4. The molecule has 7 heteroatoms. The van der Waals surface area contributed by atoms with Gasteiger partial charge in [0.05, 0.1) is 11.7 Å². The summed E-state index contributed by atoms with van der Waals surface area (Å²) in [7, 11) is 0. The monoisotopic (exact) mass is 302 g/mol. The number of aryl methyl sites for hydroxylation is 1. The zero-order valence-corrected chi connectivity index (χ0v) is 12.7. The number of nitrogens with one attached hydrogen (secondary N) is 2. The van der Waals surface area contributed by atoms with Crippen molar-refractivity contribution in [1.29, 1.82) is 0 Å². The van der Waals surface area contributed by atoms with Gasteiger partial charge in [0, 0.05) is 6.04 Å². The Labute approximate surface area is 128 Å². The summed E-state index contributed by atoms with van der Waals surface area (Å²) in [6, 6.07) is 5.73. The lowest BCUT2D eigenvalue weighted by Gasteiger charge is -2.22. The summed E-state index contributed by atoms with van der Waals surface area (Å²) in [5.41, 5.74) is 1.73. The molecule has 1 aliphatic heterocycles. The standard InChI is InChI=1S/C15H18N4O3/c1-8(16-9(2)15-17-10(3)19-22-15)11-4-5-13-12(6-11)18-14(20)7-21-13/h4-6,8-9,16H,7H2,1-3H3,(H,18,20)/t8-,9-/m1/s1. The number of nitrogens with zero attached hydrogens (tertiary/aromatic N) is 2. The molecular formula is C15H18N4O3. The molecule has 0 fully saturated rings. The molecule has 1 aliphatic rings. The molecule has 0 saturated heterocycles. The Bertz CT molecular complexity index is 698. The summed E-state index contributed by atoms with van der Waals surface area (Å²) >= 11 is 0. The number of amides is 1. The molecule has 7 nitrogen and oxygen atoms in total. The van der Waals surface area contributed by atoms with Gasteiger partial charge in [0.15, 0.2) is 12.4 Å². The van der Waals surface area contributed by atoms with Crippen molar-refractivity contribution in [3.63, 3.8) is 0 Å². The van der Waals surface area contributed by atoms with Crippen LogP contribution >= 0.6 is 0 Å². The predicted octanol–water partition coefficient (Wildman–Crippen LogP) is 2.12. The molecular weight excluding hydrogens is 284 g/mol. The number of aromatic nitrogens is 2. The normalized spacial score (nSPS) is 16.4. The van der Waals surface area contributed by atoms with E-state index in [1.807, 2.05) is 32.0 Å². The SMILES string of the molecule is Cc1noc([C@@H](C)N[C@H](C)c2ccc3c(c2)NC(=O)CO3)n1. The number of hydrogen-bond donors (Lipinski definition) is 2. The Morgan fingerprint density at radius 1 is 1.32 bits per heavy atom. The van der Waals surface area contributed by atoms with Crippen molar-refractivity contribution in [2.24, 2.45) is 0 Å². The summed E-state index contributed by atoms with van der Waals surface area (Å²) in [5, 5.41) is 10.00. The third kappa shape index (κ3) is 2.94. The topological polar surface area (TPSA) is 89.3 Å². The number of fused-ring (bicyclic) bond motifs is 1. The van der Waals surface area contributed by atoms with E-state index in [1.54, 1.807) is 6.92 Å². The molecule has 0 unspecified atom stereocenters.